The van der Waals surface area contributed by atoms with Gasteiger partial charge in [-0.25, -0.2) is 9.97 Å². The maximum absolute atomic E-state index is 10.1. The minimum absolute atomic E-state index is 0.383. The van der Waals surface area contributed by atoms with E-state index < -0.39 is 6.10 Å². The molecule has 1 atom stereocenters. The molecule has 0 aliphatic heterocycles. The van der Waals surface area contributed by atoms with Gasteiger partial charge in [0.15, 0.2) is 0 Å². The van der Waals surface area contributed by atoms with Gasteiger partial charge >= 0.3 is 0 Å². The van der Waals surface area contributed by atoms with E-state index in [-0.39, 0.29) is 0 Å². The SMILES string of the molecule is CCCc1c(Cl)ncnc1NCC(O)c1ccccc1. The van der Waals surface area contributed by atoms with Crippen LogP contribution in [-0.2, 0) is 6.42 Å². The van der Waals surface area contributed by atoms with E-state index in [0.717, 1.165) is 24.0 Å². The lowest BCUT2D eigenvalue weighted by Gasteiger charge is -2.15. The van der Waals surface area contributed by atoms with Gasteiger partial charge in [-0.05, 0) is 12.0 Å². The highest BCUT2D eigenvalue weighted by molar-refractivity contribution is 6.30. The molecule has 2 aromatic rings. The van der Waals surface area contributed by atoms with Crippen molar-refractivity contribution < 1.29 is 5.11 Å². The molecule has 1 heterocycles. The molecular formula is C15H18ClN3O. The predicted octanol–water partition coefficient (Wildman–Crippen LogP) is 3.23. The lowest BCUT2D eigenvalue weighted by molar-refractivity contribution is 0.191. The standard InChI is InChI=1S/C15H18ClN3O/c1-2-6-12-14(16)18-10-19-15(12)17-9-13(20)11-7-4-3-5-8-11/h3-5,7-8,10,13,20H,2,6,9H2,1H3,(H,17,18,19). The molecule has 1 aromatic heterocycles. The Morgan fingerprint density at radius 2 is 2.00 bits per heavy atom. The summed E-state index contributed by atoms with van der Waals surface area (Å²) in [6, 6.07) is 9.52. The van der Waals surface area contributed by atoms with Gasteiger partial charge < -0.3 is 10.4 Å². The van der Waals surface area contributed by atoms with Crippen molar-refractivity contribution in [2.24, 2.45) is 0 Å². The van der Waals surface area contributed by atoms with Crippen LogP contribution in [0.1, 0.15) is 30.6 Å². The first-order valence-corrected chi connectivity index (χ1v) is 7.06. The minimum Gasteiger partial charge on any atom is -0.387 e. The molecule has 2 N–H and O–H groups in total. The summed E-state index contributed by atoms with van der Waals surface area (Å²) in [5.41, 5.74) is 1.77. The lowest BCUT2D eigenvalue weighted by atomic mass is 10.1. The Labute approximate surface area is 123 Å². The van der Waals surface area contributed by atoms with Crippen LogP contribution < -0.4 is 5.32 Å². The molecule has 0 aliphatic rings. The van der Waals surface area contributed by atoms with Gasteiger partial charge in [-0.1, -0.05) is 55.3 Å². The van der Waals surface area contributed by atoms with Crippen molar-refractivity contribution >= 4 is 17.4 Å². The van der Waals surface area contributed by atoms with Gasteiger partial charge in [0.05, 0.1) is 6.10 Å². The van der Waals surface area contributed by atoms with Crippen LogP contribution in [0, 0.1) is 0 Å². The molecule has 0 fully saturated rings. The number of aliphatic hydroxyl groups is 1. The van der Waals surface area contributed by atoms with E-state index in [1.54, 1.807) is 0 Å². The summed E-state index contributed by atoms with van der Waals surface area (Å²) in [6.07, 6.45) is 2.62. The summed E-state index contributed by atoms with van der Waals surface area (Å²) in [4.78, 5) is 8.20. The van der Waals surface area contributed by atoms with Gasteiger partial charge in [-0.3, -0.25) is 0 Å². The number of halogens is 1. The van der Waals surface area contributed by atoms with Crippen molar-refractivity contribution in [3.63, 3.8) is 0 Å². The van der Waals surface area contributed by atoms with E-state index >= 15 is 0 Å². The highest BCUT2D eigenvalue weighted by Gasteiger charge is 2.11. The monoisotopic (exact) mass is 291 g/mol. The van der Waals surface area contributed by atoms with Crippen LogP contribution in [-0.4, -0.2) is 21.6 Å². The third-order valence-electron chi connectivity index (χ3n) is 3.04. The van der Waals surface area contributed by atoms with E-state index in [0.29, 0.717) is 17.5 Å². The quantitative estimate of drug-likeness (QED) is 0.802. The van der Waals surface area contributed by atoms with Crippen molar-refractivity contribution in [3.8, 4) is 0 Å². The van der Waals surface area contributed by atoms with Gasteiger partial charge in [0.2, 0.25) is 0 Å². The number of benzene rings is 1. The predicted molar refractivity (Wildman–Crippen MR) is 80.9 cm³/mol. The molecule has 106 valence electrons. The second kappa shape index (κ2) is 7.22. The van der Waals surface area contributed by atoms with Gasteiger partial charge in [0.25, 0.3) is 0 Å². The molecule has 0 saturated carbocycles. The van der Waals surface area contributed by atoms with Crippen molar-refractivity contribution in [1.82, 2.24) is 9.97 Å². The van der Waals surface area contributed by atoms with Crippen LogP contribution in [0.5, 0.6) is 0 Å². The summed E-state index contributed by atoms with van der Waals surface area (Å²) in [6.45, 7) is 2.46. The molecule has 0 radical (unpaired) electrons. The number of hydrogen-bond donors (Lipinski definition) is 2. The molecule has 0 bridgehead atoms. The summed E-state index contributed by atoms with van der Waals surface area (Å²) >= 11 is 6.09. The van der Waals surface area contributed by atoms with E-state index in [4.69, 9.17) is 11.6 Å². The maximum Gasteiger partial charge on any atom is 0.137 e. The van der Waals surface area contributed by atoms with Crippen molar-refractivity contribution in [1.29, 1.82) is 0 Å². The zero-order chi connectivity index (χ0) is 14.4. The van der Waals surface area contributed by atoms with Gasteiger partial charge in [-0.2, -0.15) is 0 Å². The number of aromatic nitrogens is 2. The molecule has 1 unspecified atom stereocenters. The molecule has 0 saturated heterocycles. The van der Waals surface area contributed by atoms with E-state index in [9.17, 15) is 5.11 Å². The highest BCUT2D eigenvalue weighted by Crippen LogP contribution is 2.22. The molecule has 2 rings (SSSR count). The topological polar surface area (TPSA) is 58.0 Å². The van der Waals surface area contributed by atoms with Crippen LogP contribution in [0.25, 0.3) is 0 Å². The average molecular weight is 292 g/mol. The average Bonchev–Trinajstić information content (AvgIpc) is 2.48. The minimum atomic E-state index is -0.584. The Morgan fingerprint density at radius 1 is 1.25 bits per heavy atom. The number of nitrogens with zero attached hydrogens (tertiary/aromatic N) is 2. The Hall–Kier alpha value is -1.65. The molecular weight excluding hydrogens is 274 g/mol. The molecule has 5 heteroatoms. The third kappa shape index (κ3) is 3.68. The summed E-state index contributed by atoms with van der Waals surface area (Å²) in [7, 11) is 0. The van der Waals surface area contributed by atoms with Crippen LogP contribution in [0.3, 0.4) is 0 Å². The zero-order valence-electron chi connectivity index (χ0n) is 11.4. The fourth-order valence-corrected chi connectivity index (χ4v) is 2.23. The maximum atomic E-state index is 10.1. The smallest absolute Gasteiger partial charge is 0.137 e. The van der Waals surface area contributed by atoms with Crippen LogP contribution in [0.4, 0.5) is 5.82 Å². The van der Waals surface area contributed by atoms with E-state index in [1.165, 1.54) is 6.33 Å². The number of hydrogen-bond acceptors (Lipinski definition) is 4. The first kappa shape index (κ1) is 14.8. The molecule has 0 aliphatic carbocycles. The lowest BCUT2D eigenvalue weighted by Crippen LogP contribution is -2.14. The summed E-state index contributed by atoms with van der Waals surface area (Å²) in [5.74, 6) is 0.696. The fourth-order valence-electron chi connectivity index (χ4n) is 2.00. The van der Waals surface area contributed by atoms with Crippen molar-refractivity contribution in [2.45, 2.75) is 25.9 Å². The first-order valence-electron chi connectivity index (χ1n) is 6.68. The highest BCUT2D eigenvalue weighted by atomic mass is 35.5. The Balaban J connectivity index is 2.06. The first-order chi connectivity index (χ1) is 9.72. The second-order valence-electron chi connectivity index (χ2n) is 4.55. The van der Waals surface area contributed by atoms with Gasteiger partial charge in [0, 0.05) is 12.1 Å². The Morgan fingerprint density at radius 3 is 2.70 bits per heavy atom. The second-order valence-corrected chi connectivity index (χ2v) is 4.91. The van der Waals surface area contributed by atoms with Gasteiger partial charge in [0.1, 0.15) is 17.3 Å². The van der Waals surface area contributed by atoms with E-state index in [2.05, 4.69) is 22.2 Å². The molecule has 0 spiro atoms. The summed E-state index contributed by atoms with van der Waals surface area (Å²) in [5, 5.41) is 13.8. The number of rotatable bonds is 6. The van der Waals surface area contributed by atoms with Gasteiger partial charge in [-0.15, -0.1) is 0 Å². The Bertz CT molecular complexity index is 548. The number of anilines is 1. The number of aliphatic hydroxyl groups excluding tert-OH is 1. The van der Waals surface area contributed by atoms with Crippen molar-refractivity contribution in [3.05, 3.63) is 52.9 Å². The van der Waals surface area contributed by atoms with E-state index in [1.807, 2.05) is 30.3 Å². The molecule has 1 aromatic carbocycles. The zero-order valence-corrected chi connectivity index (χ0v) is 12.1. The molecule has 4 nitrogen and oxygen atoms in total. The largest absolute Gasteiger partial charge is 0.387 e. The van der Waals surface area contributed by atoms with Crippen LogP contribution >= 0.6 is 11.6 Å². The summed E-state index contributed by atoms with van der Waals surface area (Å²) < 4.78 is 0. The third-order valence-corrected chi connectivity index (χ3v) is 3.37. The normalized spacial score (nSPS) is 12.2. The Kier molecular flexibility index (Phi) is 5.32. The fraction of sp³-hybridized carbons (Fsp3) is 0.333. The van der Waals surface area contributed by atoms with Crippen LogP contribution in [0.15, 0.2) is 36.7 Å². The molecule has 0 amide bonds. The number of nitrogens with one attached hydrogen (secondary N) is 1. The van der Waals surface area contributed by atoms with Crippen LogP contribution in [0.2, 0.25) is 5.15 Å². The molecule has 20 heavy (non-hydrogen) atoms. The van der Waals surface area contributed by atoms with Crippen molar-refractivity contribution in [2.75, 3.05) is 11.9 Å².